The number of benzene rings is 1. The summed E-state index contributed by atoms with van der Waals surface area (Å²) >= 11 is 0. The van der Waals surface area contributed by atoms with Gasteiger partial charge in [0.2, 0.25) is 11.8 Å². The zero-order valence-electron chi connectivity index (χ0n) is 16.3. The lowest BCUT2D eigenvalue weighted by molar-refractivity contribution is -0.165. The van der Waals surface area contributed by atoms with E-state index in [2.05, 4.69) is 4.74 Å². The molecule has 2 aliphatic rings. The van der Waals surface area contributed by atoms with Gasteiger partial charge >= 0.3 is 5.97 Å². The number of carbonyl (C=O) groups excluding carboxylic acids is 2. The SMILES string of the molecule is COC(=O)[C@@H]1CC(F)(F)CC2(CCN(Cc3ccc(OC)cc3OC)C2=O)C1. The number of rotatable bonds is 5. The molecule has 1 saturated heterocycles. The quantitative estimate of drug-likeness (QED) is 0.715. The predicted octanol–water partition coefficient (Wildman–Crippen LogP) is 3.03. The van der Waals surface area contributed by atoms with Gasteiger partial charge < -0.3 is 19.1 Å². The van der Waals surface area contributed by atoms with Crippen LogP contribution in [0.1, 0.15) is 31.2 Å². The summed E-state index contributed by atoms with van der Waals surface area (Å²) in [4.78, 5) is 26.6. The Morgan fingerprint density at radius 1 is 1.21 bits per heavy atom. The summed E-state index contributed by atoms with van der Waals surface area (Å²) < 4.78 is 43.9. The molecule has 2 fully saturated rings. The predicted molar refractivity (Wildman–Crippen MR) is 96.3 cm³/mol. The average molecular weight is 397 g/mol. The summed E-state index contributed by atoms with van der Waals surface area (Å²) in [5.74, 6) is -3.86. The van der Waals surface area contributed by atoms with E-state index in [1.165, 1.54) is 14.2 Å². The smallest absolute Gasteiger partial charge is 0.308 e. The first kappa shape index (κ1) is 20.4. The van der Waals surface area contributed by atoms with Crippen molar-refractivity contribution in [3.8, 4) is 11.5 Å². The topological polar surface area (TPSA) is 65.1 Å². The molecular weight excluding hydrogens is 372 g/mol. The van der Waals surface area contributed by atoms with E-state index in [0.717, 1.165) is 5.56 Å². The van der Waals surface area contributed by atoms with Crippen molar-refractivity contribution in [1.82, 2.24) is 4.90 Å². The molecule has 28 heavy (non-hydrogen) atoms. The van der Waals surface area contributed by atoms with Crippen LogP contribution < -0.4 is 9.47 Å². The summed E-state index contributed by atoms with van der Waals surface area (Å²) in [5.41, 5.74) is -0.457. The summed E-state index contributed by atoms with van der Waals surface area (Å²) in [5, 5.41) is 0. The van der Waals surface area contributed by atoms with Crippen LogP contribution in [0.2, 0.25) is 0 Å². The van der Waals surface area contributed by atoms with Crippen molar-refractivity contribution >= 4 is 11.9 Å². The van der Waals surface area contributed by atoms with Gasteiger partial charge in [0.05, 0.1) is 32.7 Å². The van der Waals surface area contributed by atoms with Gasteiger partial charge in [0, 0.05) is 37.6 Å². The van der Waals surface area contributed by atoms with E-state index < -0.39 is 36.1 Å². The summed E-state index contributed by atoms with van der Waals surface area (Å²) in [7, 11) is 4.25. The summed E-state index contributed by atoms with van der Waals surface area (Å²) in [6.45, 7) is 0.611. The lowest BCUT2D eigenvalue weighted by Gasteiger charge is -2.39. The Kier molecular flexibility index (Phi) is 5.50. The van der Waals surface area contributed by atoms with Crippen molar-refractivity contribution in [2.24, 2.45) is 11.3 Å². The molecule has 1 heterocycles. The van der Waals surface area contributed by atoms with Gasteiger partial charge in [-0.2, -0.15) is 0 Å². The zero-order valence-corrected chi connectivity index (χ0v) is 16.3. The number of halogens is 2. The highest BCUT2D eigenvalue weighted by Gasteiger charge is 2.58. The van der Waals surface area contributed by atoms with Crippen molar-refractivity contribution < 1.29 is 32.6 Å². The third-order valence-electron chi connectivity index (χ3n) is 5.77. The molecule has 0 aromatic heterocycles. The Balaban J connectivity index is 1.81. The van der Waals surface area contributed by atoms with Crippen molar-refractivity contribution in [2.75, 3.05) is 27.9 Å². The molecule has 1 aliphatic heterocycles. The minimum Gasteiger partial charge on any atom is -0.497 e. The second-order valence-corrected chi connectivity index (χ2v) is 7.60. The molecule has 0 radical (unpaired) electrons. The lowest BCUT2D eigenvalue weighted by Crippen LogP contribution is -2.46. The Morgan fingerprint density at radius 2 is 1.96 bits per heavy atom. The van der Waals surface area contributed by atoms with Gasteiger partial charge in [-0.25, -0.2) is 8.78 Å². The molecule has 1 spiro atoms. The van der Waals surface area contributed by atoms with Crippen LogP contribution in [0.5, 0.6) is 11.5 Å². The number of nitrogens with zero attached hydrogens (tertiary/aromatic N) is 1. The fourth-order valence-electron chi connectivity index (χ4n) is 4.46. The van der Waals surface area contributed by atoms with Crippen LogP contribution >= 0.6 is 0 Å². The van der Waals surface area contributed by atoms with Crippen molar-refractivity contribution in [1.29, 1.82) is 0 Å². The van der Waals surface area contributed by atoms with E-state index in [4.69, 9.17) is 9.47 Å². The van der Waals surface area contributed by atoms with E-state index in [9.17, 15) is 18.4 Å². The van der Waals surface area contributed by atoms with Crippen LogP contribution in [-0.2, 0) is 20.9 Å². The maximum atomic E-state index is 14.4. The number of likely N-dealkylation sites (tertiary alicyclic amines) is 1. The molecule has 1 aromatic rings. The van der Waals surface area contributed by atoms with Gasteiger partial charge in [-0.15, -0.1) is 0 Å². The maximum Gasteiger partial charge on any atom is 0.308 e. The Labute approximate surface area is 162 Å². The molecule has 1 saturated carbocycles. The average Bonchev–Trinajstić information content (AvgIpc) is 2.95. The van der Waals surface area contributed by atoms with Crippen LogP contribution in [0, 0.1) is 11.3 Å². The Bertz CT molecular complexity index is 769. The molecule has 2 atom stereocenters. The molecule has 154 valence electrons. The van der Waals surface area contributed by atoms with E-state index in [1.54, 1.807) is 30.2 Å². The number of hydrogen-bond acceptors (Lipinski definition) is 5. The zero-order chi connectivity index (χ0) is 20.5. The van der Waals surface area contributed by atoms with Crippen molar-refractivity contribution in [2.45, 2.75) is 38.2 Å². The van der Waals surface area contributed by atoms with Crippen LogP contribution in [-0.4, -0.2) is 50.6 Å². The molecule has 1 unspecified atom stereocenters. The monoisotopic (exact) mass is 397 g/mol. The fraction of sp³-hybridized carbons (Fsp3) is 0.600. The number of methoxy groups -OCH3 is 3. The molecule has 1 aliphatic carbocycles. The minimum absolute atomic E-state index is 0.102. The highest BCUT2D eigenvalue weighted by Crippen LogP contribution is 2.53. The second kappa shape index (κ2) is 7.56. The molecule has 1 aromatic carbocycles. The van der Waals surface area contributed by atoms with Crippen LogP contribution in [0.25, 0.3) is 0 Å². The Morgan fingerprint density at radius 3 is 2.61 bits per heavy atom. The second-order valence-electron chi connectivity index (χ2n) is 7.60. The summed E-state index contributed by atoms with van der Waals surface area (Å²) in [6.07, 6.45) is -0.693. The van der Waals surface area contributed by atoms with E-state index in [-0.39, 0.29) is 18.9 Å². The number of hydrogen-bond donors (Lipinski definition) is 0. The van der Waals surface area contributed by atoms with Gasteiger partial charge in [-0.05, 0) is 25.0 Å². The van der Waals surface area contributed by atoms with Crippen molar-refractivity contribution in [3.63, 3.8) is 0 Å². The Hall–Kier alpha value is -2.38. The number of alkyl halides is 2. The molecular formula is C20H25F2NO5. The molecule has 3 rings (SSSR count). The molecule has 0 N–H and O–H groups in total. The van der Waals surface area contributed by atoms with Gasteiger partial charge in [0.1, 0.15) is 11.5 Å². The molecule has 8 heteroatoms. The van der Waals surface area contributed by atoms with E-state index >= 15 is 0 Å². The number of amides is 1. The molecule has 0 bridgehead atoms. The minimum atomic E-state index is -3.07. The number of carbonyl (C=O) groups is 2. The van der Waals surface area contributed by atoms with Gasteiger partial charge in [-0.3, -0.25) is 9.59 Å². The van der Waals surface area contributed by atoms with Crippen LogP contribution in [0.4, 0.5) is 8.78 Å². The molecule has 6 nitrogen and oxygen atoms in total. The third kappa shape index (κ3) is 3.77. The van der Waals surface area contributed by atoms with Crippen LogP contribution in [0.3, 0.4) is 0 Å². The number of esters is 1. The van der Waals surface area contributed by atoms with Gasteiger partial charge in [0.15, 0.2) is 0 Å². The first-order valence-electron chi connectivity index (χ1n) is 9.19. The maximum absolute atomic E-state index is 14.4. The third-order valence-corrected chi connectivity index (χ3v) is 5.77. The van der Waals surface area contributed by atoms with Crippen LogP contribution in [0.15, 0.2) is 18.2 Å². The normalized spacial score (nSPS) is 26.4. The first-order chi connectivity index (χ1) is 13.2. The van der Waals surface area contributed by atoms with Gasteiger partial charge in [0.25, 0.3) is 0 Å². The van der Waals surface area contributed by atoms with Gasteiger partial charge in [-0.1, -0.05) is 0 Å². The summed E-state index contributed by atoms with van der Waals surface area (Å²) in [6, 6.07) is 5.27. The lowest BCUT2D eigenvalue weighted by atomic mass is 9.67. The first-order valence-corrected chi connectivity index (χ1v) is 9.19. The number of ether oxygens (including phenoxy) is 3. The van der Waals surface area contributed by atoms with Crippen molar-refractivity contribution in [3.05, 3.63) is 23.8 Å². The highest BCUT2D eigenvalue weighted by molar-refractivity contribution is 5.86. The van der Waals surface area contributed by atoms with E-state index in [1.807, 2.05) is 0 Å². The fourth-order valence-corrected chi connectivity index (χ4v) is 4.46. The largest absolute Gasteiger partial charge is 0.497 e. The standard InChI is InChI=1S/C20H25F2NO5/c1-26-15-5-4-13(16(8-15)27-2)11-23-7-6-19(18(23)25)9-14(17(24)28-3)10-20(21,22)12-19/h4-5,8,14H,6-7,9-12H2,1-3H3/t14-,19?/m0/s1. The highest BCUT2D eigenvalue weighted by atomic mass is 19.3. The van der Waals surface area contributed by atoms with E-state index in [0.29, 0.717) is 24.5 Å². The molecule has 1 amide bonds.